The highest BCUT2D eigenvalue weighted by Gasteiger charge is 2.39. The van der Waals surface area contributed by atoms with Crippen molar-refractivity contribution in [2.45, 2.75) is 17.4 Å². The minimum atomic E-state index is -3.97. The summed E-state index contributed by atoms with van der Waals surface area (Å²) in [5.74, 6) is 0.464. The van der Waals surface area contributed by atoms with Crippen LogP contribution in [0, 0.1) is 0 Å². The quantitative estimate of drug-likeness (QED) is 0.577. The molecule has 11 heteroatoms. The molecule has 2 heterocycles. The van der Waals surface area contributed by atoms with E-state index in [0.29, 0.717) is 34.2 Å². The van der Waals surface area contributed by atoms with Crippen LogP contribution in [0.4, 0.5) is 5.69 Å². The number of nitrogens with zero attached hydrogens (tertiary/aromatic N) is 2. The van der Waals surface area contributed by atoms with Gasteiger partial charge in [0.2, 0.25) is 10.0 Å². The molecular weight excluding hydrogens is 462 g/mol. The molecule has 31 heavy (non-hydrogen) atoms. The molecule has 3 aromatic rings. The number of hydrogen-bond donors (Lipinski definition) is 1. The summed E-state index contributed by atoms with van der Waals surface area (Å²) in [5, 5.41) is 4.83. The maximum Gasteiger partial charge on any atom is 0.279 e. The van der Waals surface area contributed by atoms with E-state index in [2.05, 4.69) is 9.82 Å². The summed E-state index contributed by atoms with van der Waals surface area (Å²) in [5.41, 5.74) is 1.60. The Kier molecular flexibility index (Phi) is 5.54. The number of nitrogens with one attached hydrogen (secondary N) is 1. The minimum absolute atomic E-state index is 0.0613. The Bertz CT molecular complexity index is 1320. The molecule has 1 atom stereocenters. The topological polar surface area (TPSA) is 109 Å². The molecule has 0 fully saturated rings. The van der Waals surface area contributed by atoms with Gasteiger partial charge in [0.25, 0.3) is 10.0 Å². The van der Waals surface area contributed by atoms with Crippen molar-refractivity contribution in [1.82, 2.24) is 4.41 Å². The van der Waals surface area contributed by atoms with E-state index in [0.717, 1.165) is 10.7 Å². The van der Waals surface area contributed by atoms with Gasteiger partial charge in [-0.1, -0.05) is 23.7 Å². The average Bonchev–Trinajstić information content (AvgIpc) is 3.38. The molecule has 1 N–H and O–H groups in total. The van der Waals surface area contributed by atoms with Gasteiger partial charge in [0.1, 0.15) is 11.8 Å². The van der Waals surface area contributed by atoms with Crippen molar-refractivity contribution in [3.63, 3.8) is 0 Å². The maximum atomic E-state index is 13.3. The number of furan rings is 1. The van der Waals surface area contributed by atoms with E-state index in [1.54, 1.807) is 36.4 Å². The average molecular weight is 480 g/mol. The Morgan fingerprint density at radius 2 is 1.71 bits per heavy atom. The van der Waals surface area contributed by atoms with E-state index in [1.807, 2.05) is 0 Å². The van der Waals surface area contributed by atoms with Crippen LogP contribution < -0.4 is 4.72 Å². The number of hydrogen-bond acceptors (Lipinski definition) is 6. The lowest BCUT2D eigenvalue weighted by molar-refractivity contribution is 0.320. The Morgan fingerprint density at radius 1 is 1.03 bits per heavy atom. The summed E-state index contributed by atoms with van der Waals surface area (Å²) in [4.78, 5) is 0.0613. The fourth-order valence-corrected chi connectivity index (χ4v) is 5.34. The van der Waals surface area contributed by atoms with Crippen LogP contribution in [0.3, 0.4) is 0 Å². The van der Waals surface area contributed by atoms with Crippen LogP contribution in [0.15, 0.2) is 81.3 Å². The number of halogens is 1. The normalized spacial score (nSPS) is 16.9. The molecular formula is C20H18ClN3O5S2. The van der Waals surface area contributed by atoms with Crippen molar-refractivity contribution in [3.8, 4) is 0 Å². The van der Waals surface area contributed by atoms with Crippen LogP contribution in [-0.4, -0.2) is 33.2 Å². The summed E-state index contributed by atoms with van der Waals surface area (Å²) < 4.78 is 58.3. The third-order valence-corrected chi connectivity index (χ3v) is 7.18. The van der Waals surface area contributed by atoms with Gasteiger partial charge in [0.05, 0.1) is 23.1 Å². The van der Waals surface area contributed by atoms with Crippen LogP contribution in [0.25, 0.3) is 0 Å². The number of benzene rings is 2. The third-order valence-electron chi connectivity index (χ3n) is 4.62. The van der Waals surface area contributed by atoms with Crippen LogP contribution in [0.1, 0.15) is 23.8 Å². The smallest absolute Gasteiger partial charge is 0.279 e. The zero-order chi connectivity index (χ0) is 22.2. The van der Waals surface area contributed by atoms with E-state index in [4.69, 9.17) is 16.0 Å². The molecule has 1 unspecified atom stereocenters. The molecule has 4 rings (SSSR count). The molecule has 0 saturated heterocycles. The van der Waals surface area contributed by atoms with Crippen molar-refractivity contribution < 1.29 is 21.3 Å². The number of anilines is 1. The van der Waals surface area contributed by atoms with E-state index in [1.165, 1.54) is 30.5 Å². The molecule has 0 aliphatic carbocycles. The first kappa shape index (κ1) is 21.4. The van der Waals surface area contributed by atoms with Gasteiger partial charge in [-0.3, -0.25) is 4.72 Å². The summed E-state index contributed by atoms with van der Waals surface area (Å²) in [6.45, 7) is 0. The molecule has 2 aromatic carbocycles. The van der Waals surface area contributed by atoms with Crippen molar-refractivity contribution in [2.75, 3.05) is 11.0 Å². The Labute approximate surface area is 185 Å². The predicted molar refractivity (Wildman–Crippen MR) is 118 cm³/mol. The van der Waals surface area contributed by atoms with Gasteiger partial charge in [0.15, 0.2) is 0 Å². The Morgan fingerprint density at radius 3 is 2.29 bits per heavy atom. The van der Waals surface area contributed by atoms with Crippen LogP contribution in [0.2, 0.25) is 5.02 Å². The van der Waals surface area contributed by atoms with E-state index >= 15 is 0 Å². The zero-order valence-corrected chi connectivity index (χ0v) is 18.7. The van der Waals surface area contributed by atoms with Crippen LogP contribution in [-0.2, 0) is 20.0 Å². The number of sulfonamides is 2. The third kappa shape index (κ3) is 4.60. The second kappa shape index (κ2) is 8.03. The largest absolute Gasteiger partial charge is 0.467 e. The van der Waals surface area contributed by atoms with Crippen LogP contribution >= 0.6 is 11.6 Å². The highest BCUT2D eigenvalue weighted by Crippen LogP contribution is 2.37. The first-order valence-corrected chi connectivity index (χ1v) is 12.8. The van der Waals surface area contributed by atoms with Gasteiger partial charge in [-0.2, -0.15) is 17.9 Å². The van der Waals surface area contributed by atoms with Gasteiger partial charge in [0, 0.05) is 17.1 Å². The summed E-state index contributed by atoms with van der Waals surface area (Å²) >= 11 is 5.89. The molecule has 0 radical (unpaired) electrons. The fourth-order valence-electron chi connectivity index (χ4n) is 3.24. The highest BCUT2D eigenvalue weighted by molar-refractivity contribution is 7.92. The van der Waals surface area contributed by atoms with Gasteiger partial charge in [-0.05, 0) is 54.1 Å². The molecule has 1 aromatic heterocycles. The monoisotopic (exact) mass is 479 g/mol. The predicted octanol–water partition coefficient (Wildman–Crippen LogP) is 3.84. The summed E-state index contributed by atoms with van der Waals surface area (Å²) in [7, 11) is -7.37. The highest BCUT2D eigenvalue weighted by atomic mass is 35.5. The van der Waals surface area contributed by atoms with Crippen molar-refractivity contribution in [1.29, 1.82) is 0 Å². The molecule has 0 saturated carbocycles. The summed E-state index contributed by atoms with van der Waals surface area (Å²) in [6.07, 6.45) is 2.83. The second-order valence-electron chi connectivity index (χ2n) is 6.97. The van der Waals surface area contributed by atoms with E-state index in [9.17, 15) is 16.8 Å². The number of hydrazone groups is 1. The summed E-state index contributed by atoms with van der Waals surface area (Å²) in [6, 6.07) is 15.2. The van der Waals surface area contributed by atoms with Crippen LogP contribution in [0.5, 0.6) is 0 Å². The SMILES string of the molecule is CS(=O)(=O)Nc1ccc(C2=NN(S(=O)(=O)c3ccc(Cl)cc3)C(c3ccco3)C2)cc1. The molecule has 8 nitrogen and oxygen atoms in total. The first-order chi connectivity index (χ1) is 14.6. The number of rotatable bonds is 6. The molecule has 162 valence electrons. The van der Waals surface area contributed by atoms with Gasteiger partial charge in [-0.25, -0.2) is 8.42 Å². The first-order valence-electron chi connectivity index (χ1n) is 9.12. The maximum absolute atomic E-state index is 13.3. The van der Waals surface area contributed by atoms with Gasteiger partial charge in [-0.15, -0.1) is 0 Å². The Hall–Kier alpha value is -2.82. The van der Waals surface area contributed by atoms with E-state index < -0.39 is 26.1 Å². The van der Waals surface area contributed by atoms with Crippen molar-refractivity contribution in [3.05, 3.63) is 83.3 Å². The fraction of sp³-hybridized carbons (Fsp3) is 0.150. The standard InChI is InChI=1S/C20H18ClN3O5S2/c1-30(25,26)23-16-8-4-14(5-9-16)18-13-19(20-3-2-12-29-20)24(22-18)31(27,28)17-10-6-15(21)7-11-17/h2-12,19,23H,13H2,1H3. The second-order valence-corrected chi connectivity index (χ2v) is 10.9. The Balaban J connectivity index is 1.71. The lowest BCUT2D eigenvalue weighted by atomic mass is 10.0. The molecule has 0 bridgehead atoms. The van der Waals surface area contributed by atoms with Crippen molar-refractivity contribution >= 4 is 43.0 Å². The zero-order valence-electron chi connectivity index (χ0n) is 16.3. The molecule has 0 amide bonds. The lowest BCUT2D eigenvalue weighted by Crippen LogP contribution is -2.27. The minimum Gasteiger partial charge on any atom is -0.467 e. The van der Waals surface area contributed by atoms with E-state index in [-0.39, 0.29) is 4.90 Å². The molecule has 1 aliphatic rings. The molecule has 1 aliphatic heterocycles. The lowest BCUT2D eigenvalue weighted by Gasteiger charge is -2.21. The van der Waals surface area contributed by atoms with Gasteiger partial charge >= 0.3 is 0 Å². The van der Waals surface area contributed by atoms with Crippen molar-refractivity contribution in [2.24, 2.45) is 5.10 Å². The molecule has 0 spiro atoms. The van der Waals surface area contributed by atoms with Gasteiger partial charge < -0.3 is 4.42 Å².